The van der Waals surface area contributed by atoms with Crippen LogP contribution < -0.4 is 0 Å². The zero-order valence-corrected chi connectivity index (χ0v) is 14.8. The van der Waals surface area contributed by atoms with Crippen LogP contribution in [0.1, 0.15) is 32.1 Å². The number of ether oxygens (including phenoxy) is 1. The zero-order valence-electron chi connectivity index (χ0n) is 14.8. The summed E-state index contributed by atoms with van der Waals surface area (Å²) in [5.41, 5.74) is 0. The summed E-state index contributed by atoms with van der Waals surface area (Å²) < 4.78 is 5.18. The molecule has 0 bridgehead atoms. The Kier molecular flexibility index (Phi) is 7.38. The molecular weight excluding hydrogens is 344 g/mol. The van der Waals surface area contributed by atoms with Crippen molar-refractivity contribution in [2.24, 2.45) is 11.8 Å². The number of hydrogen-bond acceptors (Lipinski definition) is 6. The predicted molar refractivity (Wildman–Crippen MR) is 88.9 cm³/mol. The average Bonchev–Trinajstić information content (AvgIpc) is 3.15. The van der Waals surface area contributed by atoms with Crippen LogP contribution in [0.15, 0.2) is 0 Å². The van der Waals surface area contributed by atoms with E-state index in [9.17, 15) is 19.2 Å². The van der Waals surface area contributed by atoms with Crippen molar-refractivity contribution in [1.29, 1.82) is 0 Å². The number of carboxylic acid groups (broad SMARTS) is 1. The van der Waals surface area contributed by atoms with E-state index in [4.69, 9.17) is 14.9 Å². The molecule has 2 atom stereocenters. The Morgan fingerprint density at radius 3 is 2.08 bits per heavy atom. The molecule has 9 nitrogen and oxygen atoms in total. The maximum atomic E-state index is 12.1. The van der Waals surface area contributed by atoms with Crippen molar-refractivity contribution in [1.82, 2.24) is 9.80 Å². The number of esters is 1. The van der Waals surface area contributed by atoms with E-state index in [0.717, 1.165) is 6.42 Å². The van der Waals surface area contributed by atoms with Gasteiger partial charge in [0.1, 0.15) is 0 Å². The number of carbonyl (C=O) groups excluding carboxylic acids is 3. The molecule has 26 heavy (non-hydrogen) atoms. The second-order valence-electron chi connectivity index (χ2n) is 6.77. The Labute approximate surface area is 151 Å². The minimum Gasteiger partial charge on any atom is -0.481 e. The molecule has 2 rings (SSSR count). The molecule has 2 fully saturated rings. The van der Waals surface area contributed by atoms with E-state index in [1.54, 1.807) is 0 Å². The first-order chi connectivity index (χ1) is 12.4. The van der Waals surface area contributed by atoms with Crippen LogP contribution in [0.25, 0.3) is 0 Å². The second kappa shape index (κ2) is 9.51. The fraction of sp³-hybridized carbons (Fsp3) is 0.765. The number of aliphatic hydroxyl groups is 1. The summed E-state index contributed by atoms with van der Waals surface area (Å²) in [7, 11) is 0. The molecule has 0 aromatic carbocycles. The number of aliphatic carboxylic acids is 1. The fourth-order valence-corrected chi connectivity index (χ4v) is 3.22. The number of likely N-dealkylation sites (tertiary alicyclic amines) is 2. The van der Waals surface area contributed by atoms with Gasteiger partial charge in [0.15, 0.2) is 0 Å². The van der Waals surface area contributed by atoms with Gasteiger partial charge in [-0.3, -0.25) is 19.2 Å². The molecule has 2 amide bonds. The molecule has 9 heteroatoms. The molecule has 0 aromatic heterocycles. The maximum Gasteiger partial charge on any atom is 0.311 e. The minimum atomic E-state index is -0.986. The molecule has 0 spiro atoms. The lowest BCUT2D eigenvalue weighted by Gasteiger charge is -2.21. The summed E-state index contributed by atoms with van der Waals surface area (Å²) >= 11 is 0. The number of unbranched alkanes of at least 4 members (excludes halogenated alkanes) is 2. The third-order valence-corrected chi connectivity index (χ3v) is 4.80. The van der Waals surface area contributed by atoms with E-state index in [0.29, 0.717) is 12.8 Å². The van der Waals surface area contributed by atoms with Gasteiger partial charge >= 0.3 is 11.9 Å². The molecule has 2 aliphatic heterocycles. The van der Waals surface area contributed by atoms with E-state index in [1.807, 2.05) is 0 Å². The van der Waals surface area contributed by atoms with Gasteiger partial charge in [-0.05, 0) is 19.3 Å². The van der Waals surface area contributed by atoms with Crippen LogP contribution in [0.3, 0.4) is 0 Å². The Hall–Kier alpha value is -2.16. The standard InChI is InChI=1S/C17H26N2O7/c20-6-2-1-3-7-26-17(25)13-9-15(22)19(11-13)5-4-18-10-12(16(23)24)8-14(18)21/h12-13,20H,1-11H2,(H,23,24). The van der Waals surface area contributed by atoms with Gasteiger partial charge < -0.3 is 24.7 Å². The first-order valence-corrected chi connectivity index (χ1v) is 8.98. The summed E-state index contributed by atoms with van der Waals surface area (Å²) in [5, 5.41) is 17.7. The van der Waals surface area contributed by atoms with E-state index >= 15 is 0 Å². The van der Waals surface area contributed by atoms with Crippen molar-refractivity contribution in [3.63, 3.8) is 0 Å². The molecule has 2 heterocycles. The van der Waals surface area contributed by atoms with Crippen LogP contribution in [0, 0.1) is 11.8 Å². The lowest BCUT2D eigenvalue weighted by molar-refractivity contribution is -0.148. The fourth-order valence-electron chi connectivity index (χ4n) is 3.22. The van der Waals surface area contributed by atoms with Crippen molar-refractivity contribution in [3.05, 3.63) is 0 Å². The lowest BCUT2D eigenvalue weighted by Crippen LogP contribution is -2.37. The van der Waals surface area contributed by atoms with Gasteiger partial charge in [-0.15, -0.1) is 0 Å². The summed E-state index contributed by atoms with van der Waals surface area (Å²) in [6.45, 7) is 1.39. The van der Waals surface area contributed by atoms with Crippen LogP contribution in [-0.2, 0) is 23.9 Å². The third kappa shape index (κ3) is 5.42. The lowest BCUT2D eigenvalue weighted by atomic mass is 10.1. The van der Waals surface area contributed by atoms with E-state index in [1.165, 1.54) is 9.80 Å². The zero-order chi connectivity index (χ0) is 19.1. The van der Waals surface area contributed by atoms with Crippen LogP contribution in [0.5, 0.6) is 0 Å². The number of hydrogen-bond donors (Lipinski definition) is 2. The molecule has 0 saturated carbocycles. The number of amides is 2. The predicted octanol–water partition coefficient (Wildman–Crippen LogP) is -0.526. The summed E-state index contributed by atoms with van der Waals surface area (Å²) in [6, 6.07) is 0. The van der Waals surface area contributed by atoms with Gasteiger partial charge in [0.05, 0.1) is 18.4 Å². The highest BCUT2D eigenvalue weighted by molar-refractivity contribution is 5.87. The van der Waals surface area contributed by atoms with Crippen molar-refractivity contribution < 1.29 is 34.1 Å². The highest BCUT2D eigenvalue weighted by atomic mass is 16.5. The summed E-state index contributed by atoms with van der Waals surface area (Å²) in [5.74, 6) is -2.95. The van der Waals surface area contributed by atoms with Crippen molar-refractivity contribution in [3.8, 4) is 0 Å². The van der Waals surface area contributed by atoms with E-state index < -0.39 is 23.8 Å². The van der Waals surface area contributed by atoms with Crippen LogP contribution in [0.4, 0.5) is 0 Å². The molecule has 0 radical (unpaired) electrons. The largest absolute Gasteiger partial charge is 0.481 e. The van der Waals surface area contributed by atoms with E-state index in [-0.39, 0.29) is 64.0 Å². The molecule has 2 aliphatic rings. The molecular formula is C17H26N2O7. The molecule has 2 unspecified atom stereocenters. The summed E-state index contributed by atoms with van der Waals surface area (Å²) in [6.07, 6.45) is 2.22. The number of rotatable bonds is 10. The molecule has 0 aromatic rings. The molecule has 0 aliphatic carbocycles. The SMILES string of the molecule is O=C(O)C1CC(=O)N(CCN2CC(C(=O)OCCCCCO)CC2=O)C1. The Morgan fingerprint density at radius 1 is 0.962 bits per heavy atom. The molecule has 146 valence electrons. The van der Waals surface area contributed by atoms with Crippen molar-refractivity contribution in [2.75, 3.05) is 39.4 Å². The van der Waals surface area contributed by atoms with Gasteiger partial charge in [0, 0.05) is 45.6 Å². The van der Waals surface area contributed by atoms with Gasteiger partial charge in [-0.25, -0.2) is 0 Å². The Morgan fingerprint density at radius 2 is 1.54 bits per heavy atom. The second-order valence-corrected chi connectivity index (χ2v) is 6.77. The number of nitrogens with zero attached hydrogens (tertiary/aromatic N) is 2. The minimum absolute atomic E-state index is 0.00544. The van der Waals surface area contributed by atoms with Gasteiger partial charge in [0.2, 0.25) is 11.8 Å². The topological polar surface area (TPSA) is 124 Å². The van der Waals surface area contributed by atoms with Crippen molar-refractivity contribution >= 4 is 23.8 Å². The van der Waals surface area contributed by atoms with Gasteiger partial charge in [-0.2, -0.15) is 0 Å². The highest BCUT2D eigenvalue weighted by Crippen LogP contribution is 2.21. The number of aliphatic hydroxyl groups excluding tert-OH is 1. The van der Waals surface area contributed by atoms with Crippen LogP contribution in [0.2, 0.25) is 0 Å². The highest BCUT2D eigenvalue weighted by Gasteiger charge is 2.37. The van der Waals surface area contributed by atoms with Gasteiger partial charge in [0.25, 0.3) is 0 Å². The van der Waals surface area contributed by atoms with Gasteiger partial charge in [-0.1, -0.05) is 0 Å². The Balaban J connectivity index is 1.71. The maximum absolute atomic E-state index is 12.1. The Bertz CT molecular complexity index is 551. The first-order valence-electron chi connectivity index (χ1n) is 8.98. The number of carboxylic acids is 1. The normalized spacial score (nSPS) is 23.0. The average molecular weight is 370 g/mol. The first kappa shape index (κ1) is 20.2. The monoisotopic (exact) mass is 370 g/mol. The van der Waals surface area contributed by atoms with E-state index in [2.05, 4.69) is 0 Å². The molecule has 2 N–H and O–H groups in total. The summed E-state index contributed by atoms with van der Waals surface area (Å²) in [4.78, 5) is 49.8. The van der Waals surface area contributed by atoms with Crippen LogP contribution >= 0.6 is 0 Å². The van der Waals surface area contributed by atoms with Crippen molar-refractivity contribution in [2.45, 2.75) is 32.1 Å². The molecule has 2 saturated heterocycles. The third-order valence-electron chi connectivity index (χ3n) is 4.80. The number of carbonyl (C=O) groups is 4. The quantitative estimate of drug-likeness (QED) is 0.391. The smallest absolute Gasteiger partial charge is 0.311 e. The van der Waals surface area contributed by atoms with Crippen LogP contribution in [-0.4, -0.2) is 83.2 Å².